The number of amides is 1. The maximum atomic E-state index is 12.5. The highest BCUT2D eigenvalue weighted by molar-refractivity contribution is 7.99. The van der Waals surface area contributed by atoms with Crippen molar-refractivity contribution in [1.82, 2.24) is 20.2 Å². The predicted molar refractivity (Wildman–Crippen MR) is 124 cm³/mol. The van der Waals surface area contributed by atoms with Crippen LogP contribution in [0.5, 0.6) is 0 Å². The molecular weight excluding hydrogens is 432 g/mol. The van der Waals surface area contributed by atoms with Gasteiger partial charge in [-0.05, 0) is 62.9 Å². The van der Waals surface area contributed by atoms with Crippen LogP contribution in [-0.4, -0.2) is 46.2 Å². The van der Waals surface area contributed by atoms with Crippen LogP contribution in [0.4, 0.5) is 0 Å². The smallest absolute Gasteiger partial charge is 0.259 e. The maximum Gasteiger partial charge on any atom is 0.259 e. The summed E-state index contributed by atoms with van der Waals surface area (Å²) in [6.07, 6.45) is 7.21. The van der Waals surface area contributed by atoms with E-state index in [0.29, 0.717) is 23.9 Å². The number of thiophene rings is 1. The highest BCUT2D eigenvalue weighted by atomic mass is 32.2. The summed E-state index contributed by atoms with van der Waals surface area (Å²) < 4.78 is 5.61. The molecule has 1 fully saturated rings. The van der Waals surface area contributed by atoms with Gasteiger partial charge in [0.1, 0.15) is 16.4 Å². The van der Waals surface area contributed by atoms with E-state index >= 15 is 0 Å². The molecule has 1 aliphatic heterocycles. The fraction of sp³-hybridized carbons (Fsp3) is 0.500. The number of aromatic nitrogens is 2. The first-order valence-electron chi connectivity index (χ1n) is 10.8. The molecule has 1 amide bonds. The van der Waals surface area contributed by atoms with Crippen molar-refractivity contribution in [3.05, 3.63) is 50.8 Å². The molecule has 7 nitrogen and oxygen atoms in total. The molecule has 2 N–H and O–H groups in total. The first-order chi connectivity index (χ1) is 15.2. The predicted octanol–water partition coefficient (Wildman–Crippen LogP) is 3.25. The Bertz CT molecular complexity index is 1120. The molecule has 1 saturated heterocycles. The number of rotatable bonds is 8. The minimum absolute atomic E-state index is 0.0146. The van der Waals surface area contributed by atoms with Crippen LogP contribution in [0.25, 0.3) is 10.2 Å². The van der Waals surface area contributed by atoms with E-state index in [4.69, 9.17) is 4.42 Å². The van der Waals surface area contributed by atoms with E-state index in [-0.39, 0.29) is 17.5 Å². The van der Waals surface area contributed by atoms with Gasteiger partial charge in [0, 0.05) is 11.4 Å². The molecule has 9 heteroatoms. The Hall–Kier alpha value is -2.10. The third-order valence-corrected chi connectivity index (χ3v) is 8.17. The molecule has 2 aliphatic rings. The number of nitrogens with zero attached hydrogens (tertiary/aromatic N) is 2. The zero-order chi connectivity index (χ0) is 21.2. The number of hydrogen-bond donors (Lipinski definition) is 2. The van der Waals surface area contributed by atoms with Crippen LogP contribution in [0.15, 0.2) is 27.6 Å². The van der Waals surface area contributed by atoms with Crippen molar-refractivity contribution in [3.8, 4) is 0 Å². The molecule has 3 aromatic heterocycles. The molecule has 0 radical (unpaired) electrons. The molecule has 3 aromatic rings. The van der Waals surface area contributed by atoms with Gasteiger partial charge in [-0.1, -0.05) is 0 Å². The van der Waals surface area contributed by atoms with Crippen LogP contribution >= 0.6 is 23.1 Å². The second-order valence-electron chi connectivity index (χ2n) is 8.12. The molecule has 4 heterocycles. The number of likely N-dealkylation sites (tertiary alicyclic amines) is 1. The van der Waals surface area contributed by atoms with E-state index in [2.05, 4.69) is 20.2 Å². The number of aromatic amines is 1. The van der Waals surface area contributed by atoms with Gasteiger partial charge in [-0.2, -0.15) is 0 Å². The summed E-state index contributed by atoms with van der Waals surface area (Å²) in [6, 6.07) is 3.94. The van der Waals surface area contributed by atoms with E-state index in [9.17, 15) is 9.59 Å². The van der Waals surface area contributed by atoms with Crippen LogP contribution in [-0.2, 0) is 23.4 Å². The van der Waals surface area contributed by atoms with Crippen molar-refractivity contribution >= 4 is 39.2 Å². The number of aryl methyl sites for hydroxylation is 2. The van der Waals surface area contributed by atoms with Crippen LogP contribution in [0.3, 0.4) is 0 Å². The molecule has 1 aliphatic carbocycles. The normalized spacial score (nSPS) is 17.3. The molecular formula is C22H26N4O3S2. The quantitative estimate of drug-likeness (QED) is 0.538. The SMILES string of the molecule is O=C(CSCc1nc2sc3c(c2c(=O)[nH]1)CCC3)NCC(c1ccco1)N1CCCC1. The van der Waals surface area contributed by atoms with Crippen LogP contribution in [0.2, 0.25) is 0 Å². The van der Waals surface area contributed by atoms with Gasteiger partial charge >= 0.3 is 0 Å². The topological polar surface area (TPSA) is 91.2 Å². The van der Waals surface area contributed by atoms with Gasteiger partial charge < -0.3 is 14.7 Å². The lowest BCUT2D eigenvalue weighted by Gasteiger charge is -2.25. The summed E-state index contributed by atoms with van der Waals surface area (Å²) in [5, 5.41) is 3.82. The number of fused-ring (bicyclic) bond motifs is 3. The van der Waals surface area contributed by atoms with Crippen molar-refractivity contribution in [1.29, 1.82) is 0 Å². The summed E-state index contributed by atoms with van der Waals surface area (Å²) in [5.74, 6) is 2.36. The lowest BCUT2D eigenvalue weighted by molar-refractivity contribution is -0.118. The molecule has 5 rings (SSSR count). The zero-order valence-electron chi connectivity index (χ0n) is 17.3. The Morgan fingerprint density at radius 3 is 3.00 bits per heavy atom. The molecule has 0 saturated carbocycles. The summed E-state index contributed by atoms with van der Waals surface area (Å²) in [7, 11) is 0. The summed E-state index contributed by atoms with van der Waals surface area (Å²) >= 11 is 3.11. The molecule has 0 bridgehead atoms. The van der Waals surface area contributed by atoms with Gasteiger partial charge in [0.2, 0.25) is 5.91 Å². The number of H-pyrrole nitrogens is 1. The standard InChI is InChI=1S/C22H26N4O3S2/c27-19(23-11-15(16-6-4-10-29-16)26-8-1-2-9-26)13-30-12-18-24-21(28)20-14-5-3-7-17(14)31-22(20)25-18/h4,6,10,15H,1-3,5,7-9,11-13H2,(H,23,27)(H,24,25,28). The van der Waals surface area contributed by atoms with Crippen molar-refractivity contribution in [2.24, 2.45) is 0 Å². The summed E-state index contributed by atoms with van der Waals surface area (Å²) in [6.45, 7) is 2.60. The first kappa shape index (κ1) is 20.8. The van der Waals surface area contributed by atoms with E-state index in [1.54, 1.807) is 17.6 Å². The number of hydrogen-bond acceptors (Lipinski definition) is 7. The second kappa shape index (κ2) is 9.18. The summed E-state index contributed by atoms with van der Waals surface area (Å²) in [4.78, 5) is 37.0. The first-order valence-corrected chi connectivity index (χ1v) is 12.8. The number of thioether (sulfide) groups is 1. The largest absolute Gasteiger partial charge is 0.468 e. The van der Waals surface area contributed by atoms with Gasteiger partial charge in [0.05, 0.1) is 29.2 Å². The minimum Gasteiger partial charge on any atom is -0.468 e. The fourth-order valence-corrected chi connectivity index (χ4v) is 6.56. The Morgan fingerprint density at radius 2 is 2.19 bits per heavy atom. The highest BCUT2D eigenvalue weighted by Crippen LogP contribution is 2.34. The van der Waals surface area contributed by atoms with E-state index in [1.165, 1.54) is 35.0 Å². The van der Waals surface area contributed by atoms with Gasteiger partial charge in [-0.3, -0.25) is 14.5 Å². The Labute approximate surface area is 188 Å². The fourth-order valence-electron chi connectivity index (χ4n) is 4.56. The average molecular weight is 459 g/mol. The summed E-state index contributed by atoms with van der Waals surface area (Å²) in [5.41, 5.74) is 1.15. The Balaban J connectivity index is 1.15. The van der Waals surface area contributed by atoms with Crippen molar-refractivity contribution in [3.63, 3.8) is 0 Å². The number of nitrogens with one attached hydrogen (secondary N) is 2. The van der Waals surface area contributed by atoms with Crippen LogP contribution in [0.1, 0.15) is 47.3 Å². The number of carbonyl (C=O) groups is 1. The van der Waals surface area contributed by atoms with Crippen LogP contribution in [0, 0.1) is 0 Å². The average Bonchev–Trinajstić information content (AvgIpc) is 3.53. The minimum atomic E-state index is -0.0450. The van der Waals surface area contributed by atoms with E-state index in [1.807, 2.05) is 12.1 Å². The molecule has 164 valence electrons. The molecule has 0 aromatic carbocycles. The van der Waals surface area contributed by atoms with Crippen molar-refractivity contribution < 1.29 is 9.21 Å². The third-order valence-electron chi connectivity index (χ3n) is 6.04. The van der Waals surface area contributed by atoms with Crippen LogP contribution < -0.4 is 10.9 Å². The molecule has 1 unspecified atom stereocenters. The highest BCUT2D eigenvalue weighted by Gasteiger charge is 2.26. The van der Waals surface area contributed by atoms with E-state index < -0.39 is 0 Å². The van der Waals surface area contributed by atoms with Gasteiger partial charge in [0.15, 0.2) is 0 Å². The lowest BCUT2D eigenvalue weighted by Crippen LogP contribution is -2.37. The number of furan rings is 1. The van der Waals surface area contributed by atoms with Crippen molar-refractivity contribution in [2.75, 3.05) is 25.4 Å². The maximum absolute atomic E-state index is 12.5. The molecule has 1 atom stereocenters. The third kappa shape index (κ3) is 4.44. The molecule has 0 spiro atoms. The molecule has 31 heavy (non-hydrogen) atoms. The Kier molecular flexibility index (Phi) is 6.15. The van der Waals surface area contributed by atoms with Gasteiger partial charge in [-0.25, -0.2) is 4.98 Å². The van der Waals surface area contributed by atoms with Gasteiger partial charge in [0.25, 0.3) is 5.56 Å². The van der Waals surface area contributed by atoms with Crippen molar-refractivity contribution in [2.45, 2.75) is 43.9 Å². The monoisotopic (exact) mass is 458 g/mol. The zero-order valence-corrected chi connectivity index (χ0v) is 18.9. The van der Waals surface area contributed by atoms with Gasteiger partial charge in [-0.15, -0.1) is 23.1 Å². The Morgan fingerprint density at radius 1 is 1.32 bits per heavy atom. The van der Waals surface area contributed by atoms with E-state index in [0.717, 1.165) is 48.3 Å². The second-order valence-corrected chi connectivity index (χ2v) is 10.2. The number of carbonyl (C=O) groups excluding carboxylic acids is 1. The lowest BCUT2D eigenvalue weighted by atomic mass is 10.2.